The maximum atomic E-state index is 12.8. The third kappa shape index (κ3) is 4.59. The maximum Gasteiger partial charge on any atom is 0.321 e. The van der Waals surface area contributed by atoms with E-state index in [0.29, 0.717) is 30.4 Å². The van der Waals surface area contributed by atoms with Crippen LogP contribution in [0, 0.1) is 24.7 Å². The van der Waals surface area contributed by atoms with E-state index in [1.54, 1.807) is 13.0 Å². The Balaban J connectivity index is 1.13. The van der Waals surface area contributed by atoms with Gasteiger partial charge in [0.25, 0.3) is 10.0 Å². The van der Waals surface area contributed by atoms with Gasteiger partial charge in [-0.2, -0.15) is 4.31 Å². The lowest BCUT2D eigenvalue weighted by molar-refractivity contribution is -0.125. The molecular formula is C23H34N4O4S2. The highest BCUT2D eigenvalue weighted by Gasteiger charge is 2.51. The van der Waals surface area contributed by atoms with E-state index in [1.165, 1.54) is 34.9 Å². The number of urea groups is 1. The normalized spacial score (nSPS) is 33.1. The molecule has 182 valence electrons. The molecule has 5 fully saturated rings. The van der Waals surface area contributed by atoms with Gasteiger partial charge in [-0.15, -0.1) is 11.3 Å². The molecule has 10 heteroatoms. The molecule has 3 amide bonds. The van der Waals surface area contributed by atoms with Crippen molar-refractivity contribution in [2.24, 2.45) is 17.8 Å². The summed E-state index contributed by atoms with van der Waals surface area (Å²) in [6.45, 7) is 5.23. The van der Waals surface area contributed by atoms with Crippen LogP contribution in [0.2, 0.25) is 0 Å². The first-order valence-corrected chi connectivity index (χ1v) is 14.3. The average molecular weight is 495 g/mol. The van der Waals surface area contributed by atoms with Crippen molar-refractivity contribution < 1.29 is 18.0 Å². The van der Waals surface area contributed by atoms with Crippen molar-refractivity contribution in [3.05, 3.63) is 17.0 Å². The van der Waals surface area contributed by atoms with Gasteiger partial charge in [-0.1, -0.05) is 0 Å². The number of nitrogens with one attached hydrogen (secondary N) is 2. The van der Waals surface area contributed by atoms with Crippen LogP contribution < -0.4 is 10.6 Å². The number of hydrogen-bond donors (Lipinski definition) is 2. The number of nitrogens with zero attached hydrogens (tertiary/aromatic N) is 2. The van der Waals surface area contributed by atoms with Crippen LogP contribution in [0.1, 0.15) is 50.3 Å². The Morgan fingerprint density at radius 1 is 1.03 bits per heavy atom. The fourth-order valence-electron chi connectivity index (χ4n) is 6.93. The molecule has 0 aromatic carbocycles. The van der Waals surface area contributed by atoms with Crippen LogP contribution in [0.4, 0.5) is 4.79 Å². The highest BCUT2D eigenvalue weighted by molar-refractivity contribution is 7.91. The zero-order valence-corrected chi connectivity index (χ0v) is 21.0. The van der Waals surface area contributed by atoms with Crippen molar-refractivity contribution in [2.45, 2.75) is 68.2 Å². The minimum atomic E-state index is -3.50. The topological polar surface area (TPSA) is 98.8 Å². The summed E-state index contributed by atoms with van der Waals surface area (Å²) in [7, 11) is -3.50. The summed E-state index contributed by atoms with van der Waals surface area (Å²) in [6.07, 6.45) is 7.01. The number of rotatable bonds is 5. The van der Waals surface area contributed by atoms with Crippen molar-refractivity contribution in [3.8, 4) is 0 Å². The Kier molecular flexibility index (Phi) is 6.08. The Bertz CT molecular complexity index is 994. The third-order valence-corrected chi connectivity index (χ3v) is 11.5. The van der Waals surface area contributed by atoms with Crippen molar-refractivity contribution in [1.29, 1.82) is 0 Å². The lowest BCUT2D eigenvalue weighted by Crippen LogP contribution is -2.63. The zero-order valence-electron chi connectivity index (χ0n) is 19.4. The monoisotopic (exact) mass is 494 g/mol. The second-order valence-corrected chi connectivity index (χ2v) is 14.1. The summed E-state index contributed by atoms with van der Waals surface area (Å²) < 4.78 is 27.5. The van der Waals surface area contributed by atoms with E-state index in [9.17, 15) is 18.0 Å². The molecule has 33 heavy (non-hydrogen) atoms. The molecule has 4 saturated carbocycles. The van der Waals surface area contributed by atoms with E-state index < -0.39 is 16.1 Å². The lowest BCUT2D eigenvalue weighted by Gasteiger charge is -2.56. The molecule has 1 saturated heterocycles. The van der Waals surface area contributed by atoms with Gasteiger partial charge < -0.3 is 5.32 Å². The number of imide groups is 1. The van der Waals surface area contributed by atoms with Crippen molar-refractivity contribution in [1.82, 2.24) is 19.8 Å². The number of sulfonamides is 1. The predicted octanol–water partition coefficient (Wildman–Crippen LogP) is 2.55. The summed E-state index contributed by atoms with van der Waals surface area (Å²) in [5.74, 6) is 1.83. The Morgan fingerprint density at radius 2 is 1.61 bits per heavy atom. The molecule has 1 aromatic heterocycles. The molecule has 8 nitrogen and oxygen atoms in total. The van der Waals surface area contributed by atoms with Gasteiger partial charge in [-0.05, 0) is 82.3 Å². The third-order valence-electron chi connectivity index (χ3n) is 8.16. The number of piperazine rings is 1. The van der Waals surface area contributed by atoms with Gasteiger partial charge in [-0.3, -0.25) is 15.0 Å². The summed E-state index contributed by atoms with van der Waals surface area (Å²) in [5, 5.41) is 5.75. The van der Waals surface area contributed by atoms with Crippen LogP contribution in [-0.4, -0.2) is 67.3 Å². The summed E-state index contributed by atoms with van der Waals surface area (Å²) in [6, 6.07) is 2.58. The maximum absolute atomic E-state index is 12.8. The number of aryl methyl sites for hydroxylation is 1. The van der Waals surface area contributed by atoms with Gasteiger partial charge in [0.1, 0.15) is 4.21 Å². The Labute approximate surface area is 200 Å². The number of carbonyl (C=O) groups excluding carboxylic acids is 2. The van der Waals surface area contributed by atoms with E-state index >= 15 is 0 Å². The average Bonchev–Trinajstić information content (AvgIpc) is 3.19. The molecule has 1 aliphatic heterocycles. The van der Waals surface area contributed by atoms with Gasteiger partial charge in [-0.25, -0.2) is 13.2 Å². The number of carbonyl (C=O) groups is 2. The second kappa shape index (κ2) is 8.62. The minimum absolute atomic E-state index is 0.136. The van der Waals surface area contributed by atoms with Crippen molar-refractivity contribution in [2.75, 3.05) is 26.2 Å². The molecule has 1 aromatic rings. The molecule has 2 heterocycles. The highest BCUT2D eigenvalue weighted by atomic mass is 32.2. The first-order chi connectivity index (χ1) is 15.6. The fourth-order valence-corrected chi connectivity index (χ4v) is 9.79. The number of thiophene rings is 1. The molecule has 0 spiro atoms. The van der Waals surface area contributed by atoms with Gasteiger partial charge in [0.2, 0.25) is 5.91 Å². The van der Waals surface area contributed by atoms with Crippen LogP contribution in [0.25, 0.3) is 0 Å². The van der Waals surface area contributed by atoms with Crippen molar-refractivity contribution in [3.63, 3.8) is 0 Å². The van der Waals surface area contributed by atoms with Gasteiger partial charge >= 0.3 is 6.03 Å². The number of hydrogen-bond acceptors (Lipinski definition) is 6. The summed E-state index contributed by atoms with van der Waals surface area (Å²) in [5.41, 5.74) is -0.136. The molecule has 0 unspecified atom stereocenters. The SMILES string of the molecule is Cc1ccc(S(=O)(=O)N2CCN([C@H](C)C(=O)NC(=O)NC34CC5CC(CC(C5)C3)C4)CC2)s1. The minimum Gasteiger partial charge on any atom is -0.332 e. The molecule has 0 radical (unpaired) electrons. The van der Waals surface area contributed by atoms with E-state index in [4.69, 9.17) is 0 Å². The summed E-state index contributed by atoms with van der Waals surface area (Å²) in [4.78, 5) is 28.4. The first kappa shape index (κ1) is 23.3. The van der Waals surface area contributed by atoms with E-state index in [1.807, 2.05) is 17.9 Å². The van der Waals surface area contributed by atoms with Gasteiger partial charge in [0.05, 0.1) is 6.04 Å². The van der Waals surface area contributed by atoms with Gasteiger partial charge in [0.15, 0.2) is 0 Å². The van der Waals surface area contributed by atoms with E-state index in [2.05, 4.69) is 10.6 Å². The molecular weight excluding hydrogens is 460 g/mol. The van der Waals surface area contributed by atoms with Crippen LogP contribution in [0.3, 0.4) is 0 Å². The molecule has 2 N–H and O–H groups in total. The molecule has 4 bridgehead atoms. The molecule has 1 atom stereocenters. The standard InChI is InChI=1S/C23H34N4O4S2/c1-15-3-4-20(32-15)33(30,31)27-7-5-26(6-8-27)16(2)21(28)24-22(29)25-23-12-17-9-18(13-23)11-19(10-17)14-23/h3-4,16-19H,5-14H2,1-2H3,(H2,24,25,28,29)/t16-,17?,18?,19?,23?/m1/s1. The van der Waals surface area contributed by atoms with Crippen LogP contribution in [-0.2, 0) is 14.8 Å². The van der Waals surface area contributed by atoms with Gasteiger partial charge in [0, 0.05) is 36.6 Å². The lowest BCUT2D eigenvalue weighted by atomic mass is 9.53. The smallest absolute Gasteiger partial charge is 0.321 e. The summed E-state index contributed by atoms with van der Waals surface area (Å²) >= 11 is 1.28. The molecule has 6 rings (SSSR count). The number of amides is 3. The largest absolute Gasteiger partial charge is 0.332 e. The van der Waals surface area contributed by atoms with Crippen molar-refractivity contribution >= 4 is 33.3 Å². The Morgan fingerprint density at radius 3 is 2.12 bits per heavy atom. The zero-order chi connectivity index (χ0) is 23.4. The first-order valence-electron chi connectivity index (χ1n) is 12.1. The quantitative estimate of drug-likeness (QED) is 0.656. The van der Waals surface area contributed by atoms with E-state index in [0.717, 1.165) is 41.9 Å². The molecule has 4 aliphatic carbocycles. The second-order valence-electron chi connectivity index (χ2n) is 10.6. The van der Waals surface area contributed by atoms with Crippen LogP contribution >= 0.6 is 11.3 Å². The van der Waals surface area contributed by atoms with Crippen LogP contribution in [0.15, 0.2) is 16.3 Å². The van der Waals surface area contributed by atoms with Crippen LogP contribution in [0.5, 0.6) is 0 Å². The predicted molar refractivity (Wildman–Crippen MR) is 126 cm³/mol. The fraction of sp³-hybridized carbons (Fsp3) is 0.739. The molecule has 5 aliphatic rings. The highest BCUT2D eigenvalue weighted by Crippen LogP contribution is 2.55. The Hall–Kier alpha value is -1.49. The van der Waals surface area contributed by atoms with E-state index in [-0.39, 0.29) is 17.5 Å².